The number of hydrogen-bond acceptors (Lipinski definition) is 5. The van der Waals surface area contributed by atoms with Crippen LogP contribution in [0, 0.1) is 0 Å². The van der Waals surface area contributed by atoms with Crippen LogP contribution in [0.3, 0.4) is 0 Å². The molecule has 0 bridgehead atoms. The van der Waals surface area contributed by atoms with Crippen LogP contribution >= 0.6 is 22.9 Å². The van der Waals surface area contributed by atoms with Gasteiger partial charge in [0.2, 0.25) is 0 Å². The molecule has 12 heteroatoms. The molecule has 0 saturated carbocycles. The number of aromatic nitrogens is 1. The highest BCUT2D eigenvalue weighted by Crippen LogP contribution is 2.27. The van der Waals surface area contributed by atoms with Gasteiger partial charge in [0.05, 0.1) is 18.8 Å². The van der Waals surface area contributed by atoms with E-state index in [0.29, 0.717) is 44.2 Å². The highest BCUT2D eigenvalue weighted by molar-refractivity contribution is 7.07. The predicted octanol–water partition coefficient (Wildman–Crippen LogP) is 5.21. The highest BCUT2D eigenvalue weighted by atomic mass is 35.5. The van der Waals surface area contributed by atoms with Crippen molar-refractivity contribution in [3.63, 3.8) is 0 Å². The zero-order valence-electron chi connectivity index (χ0n) is 19.5. The molecule has 3 rings (SSSR count). The largest absolute Gasteiger partial charge is 0.573 e. The maximum atomic E-state index is 12.5. The van der Waals surface area contributed by atoms with Crippen LogP contribution in [0.25, 0.3) is 11.3 Å². The second kappa shape index (κ2) is 13.3. The number of carbonyl (C=O) groups is 1. The van der Waals surface area contributed by atoms with Gasteiger partial charge >= 0.3 is 12.4 Å². The maximum absolute atomic E-state index is 12.5. The molecule has 1 aromatic heterocycles. The van der Waals surface area contributed by atoms with Crippen molar-refractivity contribution in [3.05, 3.63) is 69.3 Å². The molecular formula is C24H26ClF3N4O3S. The predicted molar refractivity (Wildman–Crippen MR) is 133 cm³/mol. The van der Waals surface area contributed by atoms with Gasteiger partial charge in [0, 0.05) is 37.1 Å². The topological polar surface area (TPSA) is 76.9 Å². The lowest BCUT2D eigenvalue weighted by atomic mass is 10.1. The zero-order valence-corrected chi connectivity index (χ0v) is 21.1. The van der Waals surface area contributed by atoms with Gasteiger partial charge in [-0.2, -0.15) is 0 Å². The summed E-state index contributed by atoms with van der Waals surface area (Å²) in [5.41, 5.74) is 2.51. The van der Waals surface area contributed by atoms with Gasteiger partial charge in [-0.3, -0.25) is 4.99 Å². The average Bonchev–Trinajstić information content (AvgIpc) is 3.24. The van der Waals surface area contributed by atoms with Gasteiger partial charge in [-0.25, -0.2) is 4.79 Å². The average molecular weight is 543 g/mol. The molecule has 2 N–H and O–H groups in total. The number of carbonyl (C=O) groups excluding carboxylic acids is 1. The Morgan fingerprint density at radius 1 is 1.08 bits per heavy atom. The fraction of sp³-hybridized carbons (Fsp3) is 0.333. The van der Waals surface area contributed by atoms with Crippen LogP contribution in [-0.4, -0.2) is 43.8 Å². The molecular weight excluding hydrogens is 517 g/mol. The van der Waals surface area contributed by atoms with E-state index >= 15 is 0 Å². The summed E-state index contributed by atoms with van der Waals surface area (Å²) in [7, 11) is 1.56. The van der Waals surface area contributed by atoms with Crippen LogP contribution in [0.2, 0.25) is 5.02 Å². The number of halogens is 4. The Morgan fingerprint density at radius 2 is 1.78 bits per heavy atom. The standard InChI is InChI=1S/C24H26ClF3N4O3S/c1-34-14-12-30-22(33)29-11-2-13-32-21(18-5-9-20(10-6-18)35-24(26,27)28)16-36-23(32)31-15-17-3-7-19(25)8-4-17/h3-10,16H,2,11-15H2,1H3,(H2,29,30,33)/b31-23-. The number of benzene rings is 2. The first kappa shape index (κ1) is 27.6. The van der Waals surface area contributed by atoms with Gasteiger partial charge in [0.1, 0.15) is 5.75 Å². The van der Waals surface area contributed by atoms with Crippen molar-refractivity contribution >= 4 is 29.0 Å². The Balaban J connectivity index is 1.76. The SMILES string of the molecule is COCCNC(=O)NCCCn1c(-c2ccc(OC(F)(F)F)cc2)cs/c1=N\Cc1ccc(Cl)cc1. The smallest absolute Gasteiger partial charge is 0.406 e. The molecule has 3 aromatic rings. The van der Waals surface area contributed by atoms with Crippen molar-refractivity contribution in [3.8, 4) is 17.0 Å². The second-order valence-corrected chi connectivity index (χ2v) is 8.87. The molecule has 0 atom stereocenters. The van der Waals surface area contributed by atoms with Crippen molar-refractivity contribution in [2.45, 2.75) is 25.9 Å². The third kappa shape index (κ3) is 8.89. The van der Waals surface area contributed by atoms with Gasteiger partial charge in [0.15, 0.2) is 4.80 Å². The quantitative estimate of drug-likeness (QED) is 0.327. The molecule has 2 amide bonds. The van der Waals surface area contributed by atoms with Crippen LogP contribution in [0.1, 0.15) is 12.0 Å². The lowest BCUT2D eigenvalue weighted by Gasteiger charge is -2.12. The third-order valence-electron chi connectivity index (χ3n) is 4.93. The Morgan fingerprint density at radius 3 is 2.44 bits per heavy atom. The lowest BCUT2D eigenvalue weighted by molar-refractivity contribution is -0.274. The molecule has 0 aliphatic rings. The van der Waals surface area contributed by atoms with Gasteiger partial charge < -0.3 is 24.7 Å². The molecule has 2 aromatic carbocycles. The summed E-state index contributed by atoms with van der Waals surface area (Å²) in [4.78, 5) is 17.3. The first-order valence-corrected chi connectivity index (χ1v) is 12.3. The number of amides is 2. The molecule has 36 heavy (non-hydrogen) atoms. The van der Waals surface area contributed by atoms with Gasteiger partial charge in [0.25, 0.3) is 0 Å². The van der Waals surface area contributed by atoms with Crippen molar-refractivity contribution < 1.29 is 27.4 Å². The number of nitrogens with zero attached hydrogens (tertiary/aromatic N) is 2. The molecule has 1 heterocycles. The third-order valence-corrected chi connectivity index (χ3v) is 6.08. The number of ether oxygens (including phenoxy) is 2. The fourth-order valence-corrected chi connectivity index (χ4v) is 4.31. The van der Waals surface area contributed by atoms with E-state index in [0.717, 1.165) is 21.6 Å². The number of urea groups is 1. The van der Waals surface area contributed by atoms with Crippen LogP contribution < -0.4 is 20.2 Å². The summed E-state index contributed by atoms with van der Waals surface area (Å²) in [6, 6.07) is 12.8. The number of rotatable bonds is 11. The highest BCUT2D eigenvalue weighted by Gasteiger charge is 2.31. The van der Waals surface area contributed by atoms with Crippen LogP contribution in [0.4, 0.5) is 18.0 Å². The Hall–Kier alpha value is -3.02. The van der Waals surface area contributed by atoms with Gasteiger partial charge in [-0.15, -0.1) is 24.5 Å². The molecule has 0 aliphatic carbocycles. The van der Waals surface area contributed by atoms with E-state index in [1.165, 1.54) is 23.5 Å². The minimum atomic E-state index is -4.75. The first-order valence-electron chi connectivity index (χ1n) is 11.1. The van der Waals surface area contributed by atoms with E-state index in [4.69, 9.17) is 21.3 Å². The molecule has 0 spiro atoms. The van der Waals surface area contributed by atoms with E-state index in [2.05, 4.69) is 15.4 Å². The first-order chi connectivity index (χ1) is 17.2. The number of thiazole rings is 1. The minimum Gasteiger partial charge on any atom is -0.406 e. The number of methoxy groups -OCH3 is 1. The van der Waals surface area contributed by atoms with Crippen LogP contribution in [0.5, 0.6) is 5.75 Å². The summed E-state index contributed by atoms with van der Waals surface area (Å²) in [6.07, 6.45) is -4.13. The fourth-order valence-electron chi connectivity index (χ4n) is 3.25. The Kier molecular flexibility index (Phi) is 10.2. The van der Waals surface area contributed by atoms with E-state index < -0.39 is 6.36 Å². The van der Waals surface area contributed by atoms with Gasteiger partial charge in [-0.05, 0) is 53.9 Å². The zero-order chi connectivity index (χ0) is 26.0. The Labute approximate surface area is 215 Å². The van der Waals surface area contributed by atoms with E-state index in [1.807, 2.05) is 22.1 Å². The second-order valence-electron chi connectivity index (χ2n) is 7.60. The molecule has 0 saturated heterocycles. The van der Waals surface area contributed by atoms with Crippen molar-refractivity contribution in [1.82, 2.24) is 15.2 Å². The molecule has 7 nitrogen and oxygen atoms in total. The number of hydrogen-bond donors (Lipinski definition) is 2. The molecule has 0 aliphatic heterocycles. The Bertz CT molecular complexity index is 1180. The molecule has 0 unspecified atom stereocenters. The molecule has 0 fully saturated rings. The summed E-state index contributed by atoms with van der Waals surface area (Å²) in [5.74, 6) is -0.288. The summed E-state index contributed by atoms with van der Waals surface area (Å²) in [6.45, 7) is 2.24. The summed E-state index contributed by atoms with van der Waals surface area (Å²) in [5, 5.41) is 8.03. The normalized spacial score (nSPS) is 12.0. The van der Waals surface area contributed by atoms with E-state index in [-0.39, 0.29) is 11.8 Å². The van der Waals surface area contributed by atoms with Crippen molar-refractivity contribution in [1.29, 1.82) is 0 Å². The number of alkyl halides is 3. The summed E-state index contributed by atoms with van der Waals surface area (Å²) < 4.78 is 48.4. The van der Waals surface area contributed by atoms with Crippen LogP contribution in [0.15, 0.2) is 58.9 Å². The van der Waals surface area contributed by atoms with Crippen molar-refractivity contribution in [2.75, 3.05) is 26.8 Å². The molecule has 0 radical (unpaired) electrons. The number of nitrogens with one attached hydrogen (secondary N) is 2. The van der Waals surface area contributed by atoms with Crippen molar-refractivity contribution in [2.24, 2.45) is 4.99 Å². The van der Waals surface area contributed by atoms with Gasteiger partial charge in [-0.1, -0.05) is 23.7 Å². The van der Waals surface area contributed by atoms with E-state index in [9.17, 15) is 18.0 Å². The maximum Gasteiger partial charge on any atom is 0.573 e. The summed E-state index contributed by atoms with van der Waals surface area (Å²) >= 11 is 7.39. The minimum absolute atomic E-state index is 0.282. The monoisotopic (exact) mass is 542 g/mol. The lowest BCUT2D eigenvalue weighted by Crippen LogP contribution is -2.38. The van der Waals surface area contributed by atoms with E-state index in [1.54, 1.807) is 31.4 Å². The molecule has 194 valence electrons. The van der Waals surface area contributed by atoms with Crippen LogP contribution in [-0.2, 0) is 17.8 Å².